The average molecular weight is 730 g/mol. The van der Waals surface area contributed by atoms with Crippen LogP contribution in [0.1, 0.15) is 11.1 Å². The van der Waals surface area contributed by atoms with E-state index in [4.69, 9.17) is 11.6 Å². The SMILES string of the molecule is Cc1ccc(-n2c(SCC(=O)N/N=C\c3cc(I)cc(I)c3O)nnc2-c2ccc(Cl)cc2)cc1. The van der Waals surface area contributed by atoms with E-state index in [9.17, 15) is 9.90 Å². The van der Waals surface area contributed by atoms with Crippen molar-refractivity contribution in [3.05, 3.63) is 84.0 Å². The number of nitrogens with one attached hydrogen (secondary N) is 1. The van der Waals surface area contributed by atoms with Crippen LogP contribution in [0.2, 0.25) is 5.02 Å². The summed E-state index contributed by atoms with van der Waals surface area (Å²) in [7, 11) is 0. The maximum absolute atomic E-state index is 12.4. The van der Waals surface area contributed by atoms with Crippen LogP contribution in [0.5, 0.6) is 5.75 Å². The Morgan fingerprint density at radius 3 is 2.57 bits per heavy atom. The molecule has 0 aliphatic heterocycles. The third-order valence-corrected chi connectivity index (χ3v) is 7.44. The van der Waals surface area contributed by atoms with Crippen molar-refractivity contribution in [2.24, 2.45) is 5.10 Å². The smallest absolute Gasteiger partial charge is 0.250 e. The first kappa shape index (κ1) is 25.9. The Morgan fingerprint density at radius 2 is 1.86 bits per heavy atom. The van der Waals surface area contributed by atoms with Crippen LogP contribution >= 0.6 is 68.5 Å². The van der Waals surface area contributed by atoms with E-state index < -0.39 is 0 Å². The quantitative estimate of drug-likeness (QED) is 0.105. The Balaban J connectivity index is 1.51. The largest absolute Gasteiger partial charge is 0.506 e. The zero-order valence-corrected chi connectivity index (χ0v) is 24.1. The molecule has 178 valence electrons. The molecule has 0 aliphatic rings. The van der Waals surface area contributed by atoms with Gasteiger partial charge in [-0.15, -0.1) is 10.2 Å². The molecule has 1 aromatic heterocycles. The molecule has 0 saturated heterocycles. The molecule has 11 heteroatoms. The maximum atomic E-state index is 12.4. The van der Waals surface area contributed by atoms with Crippen LogP contribution in [0.3, 0.4) is 0 Å². The van der Waals surface area contributed by atoms with E-state index in [2.05, 4.69) is 43.3 Å². The summed E-state index contributed by atoms with van der Waals surface area (Å²) in [6.07, 6.45) is 1.43. The summed E-state index contributed by atoms with van der Waals surface area (Å²) >= 11 is 11.5. The van der Waals surface area contributed by atoms with Crippen molar-refractivity contribution < 1.29 is 9.90 Å². The first-order chi connectivity index (χ1) is 16.8. The van der Waals surface area contributed by atoms with Crippen molar-refractivity contribution in [2.45, 2.75) is 12.1 Å². The molecule has 0 aliphatic carbocycles. The minimum Gasteiger partial charge on any atom is -0.506 e. The Labute approximate surface area is 238 Å². The topological polar surface area (TPSA) is 92.4 Å². The minimum absolute atomic E-state index is 0.0811. The van der Waals surface area contributed by atoms with Gasteiger partial charge in [-0.25, -0.2) is 5.43 Å². The summed E-state index contributed by atoms with van der Waals surface area (Å²) in [6, 6.07) is 19.0. The lowest BCUT2D eigenvalue weighted by atomic mass is 10.2. The molecule has 0 bridgehead atoms. The number of aromatic nitrogens is 3. The molecule has 4 aromatic rings. The maximum Gasteiger partial charge on any atom is 0.250 e. The van der Waals surface area contributed by atoms with Gasteiger partial charge in [0.05, 0.1) is 15.5 Å². The molecule has 2 N–H and O–H groups in total. The number of amides is 1. The van der Waals surface area contributed by atoms with Gasteiger partial charge in [-0.2, -0.15) is 5.10 Å². The van der Waals surface area contributed by atoms with Gasteiger partial charge in [0.1, 0.15) is 5.75 Å². The predicted octanol–water partition coefficient (Wildman–Crippen LogP) is 6.05. The van der Waals surface area contributed by atoms with Crippen molar-refractivity contribution in [3.63, 3.8) is 0 Å². The van der Waals surface area contributed by atoms with Crippen LogP contribution in [-0.2, 0) is 4.79 Å². The van der Waals surface area contributed by atoms with Gasteiger partial charge in [-0.05, 0) is 101 Å². The number of phenolic OH excluding ortho intramolecular Hbond substituents is 1. The second kappa shape index (κ2) is 11.7. The first-order valence-corrected chi connectivity index (χ1v) is 13.7. The van der Waals surface area contributed by atoms with Crippen LogP contribution in [-0.4, -0.2) is 37.7 Å². The van der Waals surface area contributed by atoms with Crippen LogP contribution in [0.4, 0.5) is 0 Å². The molecule has 0 radical (unpaired) electrons. The molecule has 35 heavy (non-hydrogen) atoms. The molecule has 0 saturated carbocycles. The van der Waals surface area contributed by atoms with E-state index in [0.717, 1.165) is 20.4 Å². The Morgan fingerprint density at radius 1 is 1.14 bits per heavy atom. The number of carbonyl (C=O) groups is 1. The average Bonchev–Trinajstić information content (AvgIpc) is 3.25. The first-order valence-electron chi connectivity index (χ1n) is 10.2. The highest BCUT2D eigenvalue weighted by atomic mass is 127. The zero-order valence-electron chi connectivity index (χ0n) is 18.2. The van der Waals surface area contributed by atoms with Crippen molar-refractivity contribution in [1.82, 2.24) is 20.2 Å². The number of benzene rings is 3. The highest BCUT2D eigenvalue weighted by Gasteiger charge is 2.17. The fourth-order valence-corrected chi connectivity index (χ4v) is 5.86. The van der Waals surface area contributed by atoms with Gasteiger partial charge in [0.15, 0.2) is 11.0 Å². The Kier molecular flexibility index (Phi) is 8.68. The van der Waals surface area contributed by atoms with E-state index in [-0.39, 0.29) is 17.4 Å². The summed E-state index contributed by atoms with van der Waals surface area (Å²) in [4.78, 5) is 12.4. The number of rotatable bonds is 7. The monoisotopic (exact) mass is 729 g/mol. The van der Waals surface area contributed by atoms with Crippen LogP contribution in [0.15, 0.2) is 70.9 Å². The predicted molar refractivity (Wildman–Crippen MR) is 157 cm³/mol. The summed E-state index contributed by atoms with van der Waals surface area (Å²) in [5.41, 5.74) is 5.90. The summed E-state index contributed by atoms with van der Waals surface area (Å²) in [6.45, 7) is 2.02. The number of aromatic hydroxyl groups is 1. The molecular weight excluding hydrogens is 712 g/mol. The molecular formula is C24H18ClI2N5O2S. The van der Waals surface area contributed by atoms with E-state index >= 15 is 0 Å². The van der Waals surface area contributed by atoms with E-state index in [1.807, 2.05) is 76.5 Å². The van der Waals surface area contributed by atoms with Gasteiger partial charge in [-0.3, -0.25) is 9.36 Å². The third kappa shape index (κ3) is 6.54. The number of thioether (sulfide) groups is 1. The second-order valence-electron chi connectivity index (χ2n) is 7.39. The van der Waals surface area contributed by atoms with Gasteiger partial charge in [0.2, 0.25) is 0 Å². The number of phenols is 1. The number of hydrazone groups is 1. The molecule has 0 fully saturated rings. The van der Waals surface area contributed by atoms with Crippen LogP contribution < -0.4 is 5.43 Å². The number of halogens is 3. The van der Waals surface area contributed by atoms with Crippen molar-refractivity contribution >= 4 is 80.7 Å². The van der Waals surface area contributed by atoms with Crippen molar-refractivity contribution in [3.8, 4) is 22.8 Å². The third-order valence-electron chi connectivity index (χ3n) is 4.81. The molecule has 0 unspecified atom stereocenters. The van der Waals surface area contributed by atoms with E-state index in [1.54, 1.807) is 18.2 Å². The highest BCUT2D eigenvalue weighted by molar-refractivity contribution is 14.1. The van der Waals surface area contributed by atoms with Crippen molar-refractivity contribution in [2.75, 3.05) is 5.75 Å². The molecule has 4 rings (SSSR count). The highest BCUT2D eigenvalue weighted by Crippen LogP contribution is 2.29. The molecule has 1 amide bonds. The Hall–Kier alpha value is -2.16. The molecule has 3 aromatic carbocycles. The minimum atomic E-state index is -0.308. The van der Waals surface area contributed by atoms with Gasteiger partial charge in [0, 0.05) is 25.4 Å². The number of nitrogens with zero attached hydrogens (tertiary/aromatic N) is 4. The molecule has 7 nitrogen and oxygen atoms in total. The zero-order chi connectivity index (χ0) is 24.9. The number of hydrogen-bond donors (Lipinski definition) is 2. The van der Waals surface area contributed by atoms with Crippen molar-refractivity contribution in [1.29, 1.82) is 0 Å². The van der Waals surface area contributed by atoms with E-state index in [0.29, 0.717) is 25.1 Å². The number of aryl methyl sites for hydroxylation is 1. The Bertz CT molecular complexity index is 1390. The van der Waals surface area contributed by atoms with Gasteiger partial charge in [0.25, 0.3) is 5.91 Å². The lowest BCUT2D eigenvalue weighted by molar-refractivity contribution is -0.118. The van der Waals surface area contributed by atoms with Crippen LogP contribution in [0, 0.1) is 14.1 Å². The lowest BCUT2D eigenvalue weighted by Gasteiger charge is -2.10. The standard InChI is InChI=1S/C24H18ClI2N5O2S/c1-14-2-8-19(9-3-14)32-23(15-4-6-17(25)7-5-15)30-31-24(32)35-13-21(33)29-28-12-16-10-18(26)11-20(27)22(16)34/h2-12,34H,13H2,1H3,(H,29,33)/b28-12-. The van der Waals surface area contributed by atoms with E-state index in [1.165, 1.54) is 18.0 Å². The van der Waals surface area contributed by atoms with Gasteiger partial charge in [-0.1, -0.05) is 41.1 Å². The molecule has 0 spiro atoms. The van der Waals surface area contributed by atoms with Gasteiger partial charge >= 0.3 is 0 Å². The summed E-state index contributed by atoms with van der Waals surface area (Å²) in [5.74, 6) is 0.546. The summed E-state index contributed by atoms with van der Waals surface area (Å²) < 4.78 is 3.58. The number of carbonyl (C=O) groups excluding carboxylic acids is 1. The fourth-order valence-electron chi connectivity index (χ4n) is 3.10. The molecule has 1 heterocycles. The lowest BCUT2D eigenvalue weighted by Crippen LogP contribution is -2.20. The number of hydrogen-bond acceptors (Lipinski definition) is 6. The normalized spacial score (nSPS) is 11.2. The summed E-state index contributed by atoms with van der Waals surface area (Å²) in [5, 5.41) is 24.1. The molecule has 0 atom stereocenters. The van der Waals surface area contributed by atoms with Gasteiger partial charge < -0.3 is 5.11 Å². The fraction of sp³-hybridized carbons (Fsp3) is 0.0833. The van der Waals surface area contributed by atoms with Crippen LogP contribution in [0.25, 0.3) is 17.1 Å². The second-order valence-corrected chi connectivity index (χ2v) is 11.2.